The lowest BCUT2D eigenvalue weighted by atomic mass is 10.1. The number of para-hydroxylation sites is 3. The minimum absolute atomic E-state index is 0.857. The smallest absolute Gasteiger partial charge is 0.137 e. The monoisotopic (exact) mass is 666 g/mol. The van der Waals surface area contributed by atoms with Gasteiger partial charge in [-0.2, -0.15) is 0 Å². The molecule has 0 aliphatic heterocycles. The average Bonchev–Trinajstić information content (AvgIpc) is 3.88. The van der Waals surface area contributed by atoms with Gasteiger partial charge in [-0.1, -0.05) is 103 Å². The summed E-state index contributed by atoms with van der Waals surface area (Å²) in [5.74, 6) is 0. The van der Waals surface area contributed by atoms with Gasteiger partial charge in [0.2, 0.25) is 0 Å². The van der Waals surface area contributed by atoms with Gasteiger partial charge in [-0.05, 0) is 90.0 Å². The van der Waals surface area contributed by atoms with Gasteiger partial charge in [0.15, 0.2) is 0 Å². The fourth-order valence-electron chi connectivity index (χ4n) is 8.03. The van der Waals surface area contributed by atoms with Crippen LogP contribution in [0.5, 0.6) is 0 Å². The molecule has 244 valence electrons. The topological polar surface area (TPSA) is 34.5 Å². The molecule has 11 aromatic rings. The van der Waals surface area contributed by atoms with E-state index in [2.05, 4.69) is 167 Å². The summed E-state index contributed by atoms with van der Waals surface area (Å²) in [4.78, 5) is 2.37. The first kappa shape index (κ1) is 28.8. The summed E-state index contributed by atoms with van der Waals surface area (Å²) in [6.07, 6.45) is 0. The largest absolute Gasteiger partial charge is 0.456 e. The lowest BCUT2D eigenvalue weighted by Crippen LogP contribution is -2.10. The maximum absolute atomic E-state index is 6.40. The summed E-state index contributed by atoms with van der Waals surface area (Å²) in [5, 5.41) is 6.74. The third-order valence-electron chi connectivity index (χ3n) is 10.4. The Morgan fingerprint density at radius 3 is 1.77 bits per heavy atom. The molecule has 3 heterocycles. The molecule has 0 saturated carbocycles. The van der Waals surface area contributed by atoms with Crippen LogP contribution in [0.3, 0.4) is 0 Å². The second-order valence-corrected chi connectivity index (χ2v) is 13.3. The van der Waals surface area contributed by atoms with Gasteiger partial charge in [0.1, 0.15) is 22.3 Å². The summed E-state index contributed by atoms with van der Waals surface area (Å²) in [6, 6.07) is 64.4. The number of nitrogens with zero attached hydrogens (tertiary/aromatic N) is 2. The molecule has 0 aliphatic carbocycles. The summed E-state index contributed by atoms with van der Waals surface area (Å²) in [6.45, 7) is 0. The van der Waals surface area contributed by atoms with E-state index < -0.39 is 0 Å². The molecule has 0 fully saturated rings. The molecule has 3 aromatic heterocycles. The van der Waals surface area contributed by atoms with Crippen molar-refractivity contribution in [3.05, 3.63) is 182 Å². The molecular formula is C48H30N2O2. The summed E-state index contributed by atoms with van der Waals surface area (Å²) in [5.41, 5.74) is 12.5. The fraction of sp³-hybridized carbons (Fsp3) is 0. The highest BCUT2D eigenvalue weighted by Gasteiger charge is 2.22. The van der Waals surface area contributed by atoms with Gasteiger partial charge in [-0.15, -0.1) is 0 Å². The Morgan fingerprint density at radius 1 is 0.365 bits per heavy atom. The first-order valence-electron chi connectivity index (χ1n) is 17.6. The molecule has 11 rings (SSSR count). The summed E-state index contributed by atoms with van der Waals surface area (Å²) < 4.78 is 15.0. The van der Waals surface area contributed by atoms with Crippen LogP contribution in [0.2, 0.25) is 0 Å². The van der Waals surface area contributed by atoms with Crippen LogP contribution in [0, 0.1) is 0 Å². The Morgan fingerprint density at radius 2 is 0.942 bits per heavy atom. The van der Waals surface area contributed by atoms with Crippen LogP contribution in [0.4, 0.5) is 17.1 Å². The highest BCUT2D eigenvalue weighted by atomic mass is 16.3. The van der Waals surface area contributed by atoms with Crippen LogP contribution >= 0.6 is 0 Å². The van der Waals surface area contributed by atoms with Crippen LogP contribution in [0.15, 0.2) is 191 Å². The minimum atomic E-state index is 0.857. The highest BCUT2D eigenvalue weighted by molar-refractivity contribution is 6.15. The number of rotatable bonds is 5. The van der Waals surface area contributed by atoms with Crippen molar-refractivity contribution < 1.29 is 8.83 Å². The van der Waals surface area contributed by atoms with E-state index in [1.807, 2.05) is 24.3 Å². The Balaban J connectivity index is 1.15. The van der Waals surface area contributed by atoms with E-state index in [1.54, 1.807) is 0 Å². The Hall–Kier alpha value is -7.04. The molecule has 0 saturated heterocycles. The molecule has 0 N–H and O–H groups in total. The SMILES string of the molecule is c1ccc(-c2ccc(-n3c4ccccc4c4cc(N(c5ccc6oc7ccccc7c6c5)c5cccc6oc7ccccc7c56)ccc43)cc2)cc1. The van der Waals surface area contributed by atoms with E-state index in [-0.39, 0.29) is 0 Å². The van der Waals surface area contributed by atoms with E-state index in [1.165, 1.54) is 27.4 Å². The Labute approximate surface area is 299 Å². The van der Waals surface area contributed by atoms with Crippen molar-refractivity contribution in [2.75, 3.05) is 4.90 Å². The molecule has 52 heavy (non-hydrogen) atoms. The van der Waals surface area contributed by atoms with Gasteiger partial charge in [-0.3, -0.25) is 0 Å². The number of aromatic nitrogens is 1. The van der Waals surface area contributed by atoms with Crippen LogP contribution in [-0.2, 0) is 0 Å². The molecule has 0 bridgehead atoms. The fourth-order valence-corrected chi connectivity index (χ4v) is 8.03. The molecule has 4 nitrogen and oxygen atoms in total. The van der Waals surface area contributed by atoms with E-state index >= 15 is 0 Å². The molecule has 4 heteroatoms. The summed E-state index contributed by atoms with van der Waals surface area (Å²) in [7, 11) is 0. The standard InChI is InChI=1S/C48H30N2O2/c1-2-11-31(12-3-1)32-21-23-33(24-22-32)50-41-16-7-4-13-36(41)39-29-34(25-27-42(39)50)49(35-26-28-46-40(30-35)37-14-5-8-18-44(37)51-46)43-17-10-20-47-48(43)38-15-6-9-19-45(38)52-47/h1-30H. The maximum atomic E-state index is 6.40. The van der Waals surface area contributed by atoms with Gasteiger partial charge in [0.25, 0.3) is 0 Å². The van der Waals surface area contributed by atoms with Crippen LogP contribution in [0.25, 0.3) is 82.5 Å². The molecule has 0 aliphatic rings. The van der Waals surface area contributed by atoms with E-state index in [0.29, 0.717) is 0 Å². The zero-order chi connectivity index (χ0) is 34.2. The Bertz CT molecular complexity index is 3130. The van der Waals surface area contributed by atoms with Crippen LogP contribution < -0.4 is 4.90 Å². The van der Waals surface area contributed by atoms with Crippen LogP contribution in [-0.4, -0.2) is 4.57 Å². The number of hydrogen-bond acceptors (Lipinski definition) is 3. The zero-order valence-corrected chi connectivity index (χ0v) is 28.0. The zero-order valence-electron chi connectivity index (χ0n) is 28.0. The minimum Gasteiger partial charge on any atom is -0.456 e. The van der Waals surface area contributed by atoms with Crippen molar-refractivity contribution in [1.29, 1.82) is 0 Å². The second-order valence-electron chi connectivity index (χ2n) is 13.3. The lowest BCUT2D eigenvalue weighted by molar-refractivity contribution is 0.668. The van der Waals surface area contributed by atoms with Crippen molar-refractivity contribution in [3.63, 3.8) is 0 Å². The second kappa shape index (κ2) is 11.2. The average molecular weight is 667 g/mol. The van der Waals surface area contributed by atoms with E-state index in [9.17, 15) is 0 Å². The van der Waals surface area contributed by atoms with Crippen molar-refractivity contribution in [2.24, 2.45) is 0 Å². The number of hydrogen-bond donors (Lipinski definition) is 0. The van der Waals surface area contributed by atoms with Gasteiger partial charge < -0.3 is 18.3 Å². The maximum Gasteiger partial charge on any atom is 0.137 e. The molecule has 0 spiro atoms. The molecule has 0 unspecified atom stereocenters. The van der Waals surface area contributed by atoms with Crippen molar-refractivity contribution in [2.45, 2.75) is 0 Å². The lowest BCUT2D eigenvalue weighted by Gasteiger charge is -2.26. The molecular weight excluding hydrogens is 637 g/mol. The molecule has 8 aromatic carbocycles. The highest BCUT2D eigenvalue weighted by Crippen LogP contribution is 2.46. The van der Waals surface area contributed by atoms with Gasteiger partial charge in [0.05, 0.1) is 22.1 Å². The predicted molar refractivity (Wildman–Crippen MR) is 215 cm³/mol. The van der Waals surface area contributed by atoms with Gasteiger partial charge in [-0.25, -0.2) is 0 Å². The molecule has 0 radical (unpaired) electrons. The molecule has 0 atom stereocenters. The third kappa shape index (κ3) is 4.34. The molecule has 0 amide bonds. The summed E-state index contributed by atoms with van der Waals surface area (Å²) >= 11 is 0. The van der Waals surface area contributed by atoms with Crippen molar-refractivity contribution in [3.8, 4) is 16.8 Å². The predicted octanol–water partition coefficient (Wildman–Crippen LogP) is 13.7. The van der Waals surface area contributed by atoms with E-state index in [4.69, 9.17) is 8.83 Å². The number of anilines is 3. The van der Waals surface area contributed by atoms with E-state index in [0.717, 1.165) is 72.1 Å². The number of furan rings is 2. The van der Waals surface area contributed by atoms with Gasteiger partial charge >= 0.3 is 0 Å². The first-order chi connectivity index (χ1) is 25.8. The Kier molecular flexibility index (Phi) is 6.22. The van der Waals surface area contributed by atoms with Crippen LogP contribution in [0.1, 0.15) is 0 Å². The van der Waals surface area contributed by atoms with Crippen molar-refractivity contribution >= 4 is 82.7 Å². The van der Waals surface area contributed by atoms with Crippen molar-refractivity contribution in [1.82, 2.24) is 4.57 Å². The quantitative estimate of drug-likeness (QED) is 0.183. The normalized spacial score (nSPS) is 11.8. The first-order valence-corrected chi connectivity index (χ1v) is 17.6. The number of fused-ring (bicyclic) bond motifs is 9. The van der Waals surface area contributed by atoms with Gasteiger partial charge in [0, 0.05) is 44.0 Å². The third-order valence-corrected chi connectivity index (χ3v) is 10.4. The number of benzene rings is 8.